The van der Waals surface area contributed by atoms with E-state index in [1.165, 1.54) is 21.3 Å². The number of nitrogens with zero attached hydrogens (tertiary/aromatic N) is 2. The van der Waals surface area contributed by atoms with Crippen LogP contribution in [0.25, 0.3) is 16.6 Å². The van der Waals surface area contributed by atoms with E-state index >= 15 is 0 Å². The molecule has 1 atom stereocenters. The summed E-state index contributed by atoms with van der Waals surface area (Å²) in [5.74, 6) is 0.801. The molecule has 0 saturated heterocycles. The van der Waals surface area contributed by atoms with Crippen molar-refractivity contribution < 1.29 is 19.1 Å². The Morgan fingerprint density at radius 1 is 0.906 bits per heavy atom. The van der Waals surface area contributed by atoms with Gasteiger partial charge in [0.2, 0.25) is 12.3 Å². The second-order valence-electron chi connectivity index (χ2n) is 7.33. The van der Waals surface area contributed by atoms with Gasteiger partial charge in [-0.25, -0.2) is 0 Å². The fraction of sp³-hybridized carbons (Fsp3) is 0.200. The van der Waals surface area contributed by atoms with Crippen molar-refractivity contribution in [2.75, 3.05) is 27.9 Å². The molecule has 2 heterocycles. The molecule has 32 heavy (non-hydrogen) atoms. The second kappa shape index (κ2) is 9.01. The van der Waals surface area contributed by atoms with Crippen LogP contribution in [0.1, 0.15) is 17.2 Å². The number of pyridine rings is 1. The van der Waals surface area contributed by atoms with E-state index in [1.807, 2.05) is 59.1 Å². The molecular weight excluding hydrogens is 408 g/mol. The van der Waals surface area contributed by atoms with Crippen LogP contribution < -0.4 is 14.2 Å². The van der Waals surface area contributed by atoms with E-state index in [0.29, 0.717) is 22.8 Å². The van der Waals surface area contributed by atoms with Crippen LogP contribution in [0, 0.1) is 10.1 Å². The first-order chi connectivity index (χ1) is 15.6. The van der Waals surface area contributed by atoms with Gasteiger partial charge >= 0.3 is 0 Å². The lowest BCUT2D eigenvalue weighted by Gasteiger charge is -2.20. The lowest BCUT2D eigenvalue weighted by molar-refractivity contribution is -0.481. The van der Waals surface area contributed by atoms with Gasteiger partial charge in [0.25, 0.3) is 0 Å². The highest BCUT2D eigenvalue weighted by molar-refractivity contribution is 5.75. The Morgan fingerprint density at radius 3 is 2.16 bits per heavy atom. The number of hydrogen-bond acceptors (Lipinski definition) is 5. The normalized spacial score (nSPS) is 11.8. The van der Waals surface area contributed by atoms with E-state index in [9.17, 15) is 10.1 Å². The van der Waals surface area contributed by atoms with E-state index in [-0.39, 0.29) is 11.5 Å². The first-order valence-electron chi connectivity index (χ1n) is 10.1. The average Bonchev–Trinajstić information content (AvgIpc) is 3.21. The predicted molar refractivity (Wildman–Crippen MR) is 123 cm³/mol. The van der Waals surface area contributed by atoms with Crippen LogP contribution >= 0.6 is 0 Å². The Bertz CT molecular complexity index is 1220. The number of aromatic nitrogens is 1. The summed E-state index contributed by atoms with van der Waals surface area (Å²) in [5, 5.41) is 11.8. The van der Waals surface area contributed by atoms with Gasteiger partial charge < -0.3 is 18.6 Å². The van der Waals surface area contributed by atoms with Crippen molar-refractivity contribution in [3.05, 3.63) is 94.3 Å². The summed E-state index contributed by atoms with van der Waals surface area (Å²) < 4.78 is 18.5. The topological polar surface area (TPSA) is 75.2 Å². The summed E-state index contributed by atoms with van der Waals surface area (Å²) in [4.78, 5) is 11.5. The number of methoxy groups -OCH3 is 3. The fourth-order valence-corrected chi connectivity index (χ4v) is 4.15. The lowest BCUT2D eigenvalue weighted by Crippen LogP contribution is -2.17. The van der Waals surface area contributed by atoms with E-state index in [1.54, 1.807) is 12.1 Å². The van der Waals surface area contributed by atoms with Gasteiger partial charge in [-0.2, -0.15) is 0 Å². The maximum Gasteiger partial charge on any atom is 0.216 e. The van der Waals surface area contributed by atoms with Crippen LogP contribution in [0.3, 0.4) is 0 Å². The first-order valence-corrected chi connectivity index (χ1v) is 10.1. The summed E-state index contributed by atoms with van der Waals surface area (Å²) >= 11 is 0. The molecular formula is C25H24N2O5. The zero-order valence-corrected chi connectivity index (χ0v) is 18.1. The quantitative estimate of drug-likeness (QED) is 0.288. The number of fused-ring (bicyclic) bond motifs is 1. The Hall–Kier alpha value is -4.00. The highest BCUT2D eigenvalue weighted by Gasteiger charge is 2.29. The van der Waals surface area contributed by atoms with Crippen LogP contribution in [0.15, 0.2) is 72.9 Å². The molecule has 0 saturated carbocycles. The molecule has 7 nitrogen and oxygen atoms in total. The monoisotopic (exact) mass is 432 g/mol. The zero-order valence-electron chi connectivity index (χ0n) is 18.1. The molecule has 4 rings (SSSR count). The number of benzene rings is 2. The molecule has 0 spiro atoms. The van der Waals surface area contributed by atoms with Crippen LogP contribution in [-0.2, 0) is 0 Å². The molecule has 0 N–H and O–H groups in total. The largest absolute Gasteiger partial charge is 0.493 e. The highest BCUT2D eigenvalue weighted by atomic mass is 16.6. The van der Waals surface area contributed by atoms with Crippen molar-refractivity contribution in [1.29, 1.82) is 0 Å². The van der Waals surface area contributed by atoms with E-state index in [0.717, 1.165) is 22.3 Å². The van der Waals surface area contributed by atoms with Gasteiger partial charge in [0.1, 0.15) is 0 Å². The van der Waals surface area contributed by atoms with Gasteiger partial charge in [-0.1, -0.05) is 36.4 Å². The Balaban J connectivity index is 2.01. The van der Waals surface area contributed by atoms with Crippen LogP contribution in [0.5, 0.6) is 17.2 Å². The summed E-state index contributed by atoms with van der Waals surface area (Å²) in [6, 6.07) is 21.4. The molecule has 0 radical (unpaired) electrons. The number of hydrogen-bond donors (Lipinski definition) is 0. The number of rotatable bonds is 8. The standard InChI is InChI=1S/C25H24N2O5/c1-30-22-13-18(14-23(31-2)25(22)32-3)21(16-27(28)29)24-20(17-9-5-4-6-10-17)15-19-11-7-8-12-26(19)24/h4-15,21H,16H2,1-3H3/t21-/m0/s1. The van der Waals surface area contributed by atoms with Gasteiger partial charge in [0, 0.05) is 27.9 Å². The maximum absolute atomic E-state index is 11.8. The van der Waals surface area contributed by atoms with E-state index in [4.69, 9.17) is 14.2 Å². The van der Waals surface area contributed by atoms with Crippen molar-refractivity contribution in [3.8, 4) is 28.4 Å². The van der Waals surface area contributed by atoms with Crippen molar-refractivity contribution in [2.45, 2.75) is 5.92 Å². The molecule has 2 aromatic carbocycles. The average molecular weight is 432 g/mol. The molecule has 2 aromatic heterocycles. The third kappa shape index (κ3) is 3.85. The lowest BCUT2D eigenvalue weighted by atomic mass is 9.90. The third-order valence-electron chi connectivity index (χ3n) is 5.56. The molecule has 4 aromatic rings. The molecule has 164 valence electrons. The minimum absolute atomic E-state index is 0.287. The summed E-state index contributed by atoms with van der Waals surface area (Å²) in [5.41, 5.74) is 4.43. The minimum Gasteiger partial charge on any atom is -0.493 e. The van der Waals surface area contributed by atoms with E-state index in [2.05, 4.69) is 6.07 Å². The van der Waals surface area contributed by atoms with Gasteiger partial charge in [0.05, 0.1) is 27.2 Å². The van der Waals surface area contributed by atoms with Crippen molar-refractivity contribution in [1.82, 2.24) is 4.40 Å². The van der Waals surface area contributed by atoms with E-state index < -0.39 is 5.92 Å². The molecule has 0 bridgehead atoms. The summed E-state index contributed by atoms with van der Waals surface area (Å²) in [7, 11) is 4.60. The number of nitro groups is 1. The van der Waals surface area contributed by atoms with Crippen LogP contribution in [0.2, 0.25) is 0 Å². The molecule has 0 fully saturated rings. The first kappa shape index (κ1) is 21.2. The molecule has 7 heteroatoms. The van der Waals surface area contributed by atoms with Crippen molar-refractivity contribution >= 4 is 5.52 Å². The second-order valence-corrected chi connectivity index (χ2v) is 7.33. The molecule has 0 aliphatic heterocycles. The molecule has 0 amide bonds. The zero-order chi connectivity index (χ0) is 22.7. The Labute approximate surface area is 185 Å². The van der Waals surface area contributed by atoms with Crippen molar-refractivity contribution in [2.24, 2.45) is 0 Å². The fourth-order valence-electron chi connectivity index (χ4n) is 4.15. The van der Waals surface area contributed by atoms with Crippen molar-refractivity contribution in [3.63, 3.8) is 0 Å². The Kier molecular flexibility index (Phi) is 5.98. The smallest absolute Gasteiger partial charge is 0.216 e. The predicted octanol–water partition coefficient (Wildman–Crippen LogP) is 5.04. The Morgan fingerprint density at radius 2 is 1.56 bits per heavy atom. The third-order valence-corrected chi connectivity index (χ3v) is 5.56. The summed E-state index contributed by atoms with van der Waals surface area (Å²) in [6.07, 6.45) is 1.93. The molecule has 0 aliphatic rings. The van der Waals surface area contributed by atoms with Crippen LogP contribution in [-0.4, -0.2) is 37.2 Å². The van der Waals surface area contributed by atoms with Gasteiger partial charge in [0.15, 0.2) is 11.5 Å². The number of ether oxygens (including phenoxy) is 3. The molecule has 0 unspecified atom stereocenters. The SMILES string of the molecule is COc1cc([C@H](C[N+](=O)[O-])c2c(-c3ccccc3)cc3ccccn23)cc(OC)c1OC. The van der Waals surface area contributed by atoms with Gasteiger partial charge in [-0.15, -0.1) is 0 Å². The molecule has 0 aliphatic carbocycles. The highest BCUT2D eigenvalue weighted by Crippen LogP contribution is 2.43. The van der Waals surface area contributed by atoms with Gasteiger partial charge in [-0.05, 0) is 41.5 Å². The maximum atomic E-state index is 11.8. The van der Waals surface area contributed by atoms with Crippen LogP contribution in [0.4, 0.5) is 0 Å². The summed E-state index contributed by atoms with van der Waals surface area (Å²) in [6.45, 7) is -0.292. The minimum atomic E-state index is -0.557. The van der Waals surface area contributed by atoms with Gasteiger partial charge in [-0.3, -0.25) is 10.1 Å².